The number of nitrogens with zero attached hydrogens (tertiary/aromatic N) is 1. The molecule has 0 saturated carbocycles. The van der Waals surface area contributed by atoms with E-state index in [1.54, 1.807) is 17.0 Å². The Bertz CT molecular complexity index is 745. The summed E-state index contributed by atoms with van der Waals surface area (Å²) in [6.45, 7) is 6.62. The summed E-state index contributed by atoms with van der Waals surface area (Å²) in [7, 11) is 0. The van der Waals surface area contributed by atoms with Gasteiger partial charge in [-0.05, 0) is 29.7 Å². The van der Waals surface area contributed by atoms with Gasteiger partial charge in [-0.1, -0.05) is 74.8 Å². The third kappa shape index (κ3) is 5.83. The molecule has 2 aromatic rings. The van der Waals surface area contributed by atoms with Gasteiger partial charge < -0.3 is 10.2 Å². The highest BCUT2D eigenvalue weighted by Crippen LogP contribution is 2.26. The standard InChI is InChI=1S/C22H27ClN2O2/c1-4-14-24-21(26)20(18-8-6-5-7-9-18)25(22(27)16(2)3)15-17-10-12-19(23)13-11-17/h5-13,16,20H,4,14-15H2,1-3H3,(H,24,26)/t20-/m1/s1. The SMILES string of the molecule is CCCNC(=O)[C@@H](c1ccccc1)N(Cc1ccc(Cl)cc1)C(=O)C(C)C. The summed E-state index contributed by atoms with van der Waals surface area (Å²) in [4.78, 5) is 27.7. The summed E-state index contributed by atoms with van der Waals surface area (Å²) < 4.78 is 0. The summed E-state index contributed by atoms with van der Waals surface area (Å²) in [5.74, 6) is -0.445. The summed E-state index contributed by atoms with van der Waals surface area (Å²) in [5, 5.41) is 3.59. The average molecular weight is 387 g/mol. The molecule has 144 valence electrons. The van der Waals surface area contributed by atoms with E-state index < -0.39 is 6.04 Å². The lowest BCUT2D eigenvalue weighted by atomic mass is 10.0. The zero-order chi connectivity index (χ0) is 19.8. The molecule has 0 spiro atoms. The molecule has 0 unspecified atom stereocenters. The maximum absolute atomic E-state index is 13.0. The van der Waals surface area contributed by atoms with E-state index in [2.05, 4.69) is 5.32 Å². The Balaban J connectivity index is 2.43. The molecular formula is C22H27ClN2O2. The summed E-state index contributed by atoms with van der Waals surface area (Å²) >= 11 is 5.98. The fraction of sp³-hybridized carbons (Fsp3) is 0.364. The van der Waals surface area contributed by atoms with Crippen molar-refractivity contribution in [1.29, 1.82) is 0 Å². The van der Waals surface area contributed by atoms with Crippen LogP contribution in [0, 0.1) is 5.92 Å². The van der Waals surface area contributed by atoms with Crippen LogP contribution in [0.3, 0.4) is 0 Å². The first kappa shape index (κ1) is 21.0. The summed E-state index contributed by atoms with van der Waals surface area (Å²) in [6.07, 6.45) is 0.836. The fourth-order valence-electron chi connectivity index (χ4n) is 2.87. The van der Waals surface area contributed by atoms with Crippen LogP contribution < -0.4 is 5.32 Å². The monoisotopic (exact) mass is 386 g/mol. The Kier molecular flexibility index (Phi) is 7.86. The molecule has 1 atom stereocenters. The predicted molar refractivity (Wildman–Crippen MR) is 109 cm³/mol. The van der Waals surface area contributed by atoms with Crippen molar-refractivity contribution in [1.82, 2.24) is 10.2 Å². The maximum Gasteiger partial charge on any atom is 0.247 e. The normalized spacial score (nSPS) is 11.9. The van der Waals surface area contributed by atoms with Gasteiger partial charge in [-0.2, -0.15) is 0 Å². The fourth-order valence-corrected chi connectivity index (χ4v) is 2.99. The largest absolute Gasteiger partial charge is 0.354 e. The summed E-state index contributed by atoms with van der Waals surface area (Å²) in [6, 6.07) is 16.1. The lowest BCUT2D eigenvalue weighted by molar-refractivity contribution is -0.144. The van der Waals surface area contributed by atoms with Crippen LogP contribution >= 0.6 is 11.6 Å². The van der Waals surface area contributed by atoms with E-state index in [1.807, 2.05) is 63.2 Å². The highest BCUT2D eigenvalue weighted by Gasteiger charge is 2.32. The van der Waals surface area contributed by atoms with Crippen LogP contribution in [0.15, 0.2) is 54.6 Å². The van der Waals surface area contributed by atoms with E-state index in [0.717, 1.165) is 17.5 Å². The molecule has 0 fully saturated rings. The van der Waals surface area contributed by atoms with Crippen molar-refractivity contribution >= 4 is 23.4 Å². The van der Waals surface area contributed by atoms with Crippen molar-refractivity contribution in [2.24, 2.45) is 5.92 Å². The van der Waals surface area contributed by atoms with E-state index in [9.17, 15) is 9.59 Å². The van der Waals surface area contributed by atoms with E-state index >= 15 is 0 Å². The Hall–Kier alpha value is -2.33. The lowest BCUT2D eigenvalue weighted by Crippen LogP contribution is -2.45. The van der Waals surface area contributed by atoms with Crippen molar-refractivity contribution < 1.29 is 9.59 Å². The first-order valence-electron chi connectivity index (χ1n) is 9.31. The van der Waals surface area contributed by atoms with E-state index in [1.165, 1.54) is 0 Å². The molecule has 27 heavy (non-hydrogen) atoms. The zero-order valence-electron chi connectivity index (χ0n) is 16.1. The van der Waals surface area contributed by atoms with Crippen LogP contribution in [0.25, 0.3) is 0 Å². The van der Waals surface area contributed by atoms with Gasteiger partial charge in [-0.15, -0.1) is 0 Å². The molecule has 4 nitrogen and oxygen atoms in total. The number of carbonyl (C=O) groups excluding carboxylic acids is 2. The lowest BCUT2D eigenvalue weighted by Gasteiger charge is -2.33. The number of hydrogen-bond donors (Lipinski definition) is 1. The molecule has 5 heteroatoms. The third-order valence-corrected chi connectivity index (χ3v) is 4.52. The molecule has 0 saturated heterocycles. The van der Waals surface area contributed by atoms with Crippen molar-refractivity contribution in [3.05, 3.63) is 70.7 Å². The minimum absolute atomic E-state index is 0.0644. The molecule has 0 aliphatic rings. The maximum atomic E-state index is 13.0. The second kappa shape index (κ2) is 10.1. The average Bonchev–Trinajstić information content (AvgIpc) is 2.67. The van der Waals surface area contributed by atoms with Gasteiger partial charge in [0.1, 0.15) is 6.04 Å². The molecule has 0 aromatic heterocycles. The molecule has 1 N–H and O–H groups in total. The van der Waals surface area contributed by atoms with Crippen LogP contribution in [0.4, 0.5) is 0 Å². The first-order chi connectivity index (χ1) is 12.9. The highest BCUT2D eigenvalue weighted by atomic mass is 35.5. The van der Waals surface area contributed by atoms with Gasteiger partial charge >= 0.3 is 0 Å². The van der Waals surface area contributed by atoms with Crippen LogP contribution in [0.2, 0.25) is 5.02 Å². The molecular weight excluding hydrogens is 360 g/mol. The number of benzene rings is 2. The minimum atomic E-state index is -0.677. The van der Waals surface area contributed by atoms with Gasteiger partial charge in [-0.25, -0.2) is 0 Å². The molecule has 0 aliphatic carbocycles. The molecule has 2 aromatic carbocycles. The van der Waals surface area contributed by atoms with Gasteiger partial charge in [0, 0.05) is 24.0 Å². The van der Waals surface area contributed by atoms with E-state index in [0.29, 0.717) is 18.1 Å². The summed E-state index contributed by atoms with van der Waals surface area (Å²) in [5.41, 5.74) is 1.73. The van der Waals surface area contributed by atoms with Crippen molar-refractivity contribution in [3.63, 3.8) is 0 Å². The first-order valence-corrected chi connectivity index (χ1v) is 9.69. The Morgan fingerprint density at radius 1 is 1.04 bits per heavy atom. The second-order valence-electron chi connectivity index (χ2n) is 6.85. The van der Waals surface area contributed by atoms with Crippen LogP contribution in [-0.2, 0) is 16.1 Å². The number of carbonyl (C=O) groups is 2. The number of rotatable bonds is 8. The topological polar surface area (TPSA) is 49.4 Å². The van der Waals surface area contributed by atoms with Gasteiger partial charge in [0.2, 0.25) is 11.8 Å². The molecule has 0 bridgehead atoms. The van der Waals surface area contributed by atoms with Gasteiger partial charge in [-0.3, -0.25) is 9.59 Å². The van der Waals surface area contributed by atoms with Crippen molar-refractivity contribution in [2.45, 2.75) is 39.8 Å². The van der Waals surface area contributed by atoms with Crippen molar-refractivity contribution in [3.8, 4) is 0 Å². The van der Waals surface area contributed by atoms with Crippen LogP contribution in [-0.4, -0.2) is 23.3 Å². The van der Waals surface area contributed by atoms with E-state index in [-0.39, 0.29) is 17.7 Å². The Morgan fingerprint density at radius 2 is 1.67 bits per heavy atom. The number of hydrogen-bond acceptors (Lipinski definition) is 2. The molecule has 2 rings (SSSR count). The minimum Gasteiger partial charge on any atom is -0.354 e. The van der Waals surface area contributed by atoms with E-state index in [4.69, 9.17) is 11.6 Å². The highest BCUT2D eigenvalue weighted by molar-refractivity contribution is 6.30. The second-order valence-corrected chi connectivity index (χ2v) is 7.29. The predicted octanol–water partition coefficient (Wildman–Crippen LogP) is 4.59. The molecule has 0 radical (unpaired) electrons. The molecule has 0 heterocycles. The Labute approximate surface area is 166 Å². The quantitative estimate of drug-likeness (QED) is 0.721. The van der Waals surface area contributed by atoms with Gasteiger partial charge in [0.05, 0.1) is 0 Å². The number of amides is 2. The van der Waals surface area contributed by atoms with Gasteiger partial charge in [0.15, 0.2) is 0 Å². The third-order valence-electron chi connectivity index (χ3n) is 4.27. The number of halogens is 1. The Morgan fingerprint density at radius 3 is 2.22 bits per heavy atom. The van der Waals surface area contributed by atoms with Crippen molar-refractivity contribution in [2.75, 3.05) is 6.54 Å². The zero-order valence-corrected chi connectivity index (χ0v) is 16.9. The smallest absolute Gasteiger partial charge is 0.247 e. The van der Waals surface area contributed by atoms with Crippen LogP contribution in [0.5, 0.6) is 0 Å². The molecule has 0 aliphatic heterocycles. The van der Waals surface area contributed by atoms with Crippen LogP contribution in [0.1, 0.15) is 44.4 Å². The molecule has 2 amide bonds. The van der Waals surface area contributed by atoms with Gasteiger partial charge in [0.25, 0.3) is 0 Å². The number of nitrogens with one attached hydrogen (secondary N) is 1.